The summed E-state index contributed by atoms with van der Waals surface area (Å²) in [5, 5.41) is 0. The molecule has 0 amide bonds. The number of carbonyl (C=O) groups is 1. The van der Waals surface area contributed by atoms with Gasteiger partial charge in [0.15, 0.2) is 11.4 Å². The van der Waals surface area contributed by atoms with E-state index in [4.69, 9.17) is 4.74 Å². The van der Waals surface area contributed by atoms with Crippen LogP contribution in [0.5, 0.6) is 0 Å². The van der Waals surface area contributed by atoms with E-state index in [0.29, 0.717) is 6.61 Å². The molecule has 1 unspecified atom stereocenters. The summed E-state index contributed by atoms with van der Waals surface area (Å²) >= 11 is 0. The minimum Gasteiger partial charge on any atom is -0.361 e. The third-order valence-corrected chi connectivity index (χ3v) is 2.09. The van der Waals surface area contributed by atoms with Crippen molar-refractivity contribution >= 4 is 5.78 Å². The van der Waals surface area contributed by atoms with Crippen LogP contribution in [0.15, 0.2) is 30.3 Å². The van der Waals surface area contributed by atoms with E-state index in [2.05, 4.69) is 0 Å². The van der Waals surface area contributed by atoms with Gasteiger partial charge >= 0.3 is 0 Å². The summed E-state index contributed by atoms with van der Waals surface area (Å²) in [6, 6.07) is 9.25. The van der Waals surface area contributed by atoms with Crippen LogP contribution in [0, 0.1) is 0 Å². The first-order valence-corrected chi connectivity index (χ1v) is 3.96. The molecule has 0 radical (unpaired) electrons. The lowest BCUT2D eigenvalue weighted by molar-refractivity contribution is 0.0888. The standard InChI is InChI=1S/C10H10O2/c1-10(7-12-10)9(11)8-5-3-2-4-6-8/h2-6H,7H2,1H3. The van der Waals surface area contributed by atoms with Gasteiger partial charge < -0.3 is 4.74 Å². The summed E-state index contributed by atoms with van der Waals surface area (Å²) < 4.78 is 5.06. The Morgan fingerprint density at radius 2 is 2.00 bits per heavy atom. The molecule has 0 aromatic heterocycles. The molecule has 1 aromatic carbocycles. The predicted molar refractivity (Wildman–Crippen MR) is 45.1 cm³/mol. The van der Waals surface area contributed by atoms with Gasteiger partial charge in [-0.05, 0) is 6.92 Å². The van der Waals surface area contributed by atoms with Crippen molar-refractivity contribution in [3.8, 4) is 0 Å². The van der Waals surface area contributed by atoms with Crippen LogP contribution in [0.25, 0.3) is 0 Å². The molecule has 0 saturated carbocycles. The molecule has 1 heterocycles. The molecular weight excluding hydrogens is 152 g/mol. The molecule has 0 N–H and O–H groups in total. The zero-order valence-corrected chi connectivity index (χ0v) is 6.91. The van der Waals surface area contributed by atoms with Gasteiger partial charge in [0.2, 0.25) is 0 Å². The first kappa shape index (κ1) is 7.50. The molecule has 1 aromatic rings. The highest BCUT2D eigenvalue weighted by Crippen LogP contribution is 2.29. The highest BCUT2D eigenvalue weighted by atomic mass is 16.6. The van der Waals surface area contributed by atoms with E-state index in [-0.39, 0.29) is 5.78 Å². The molecule has 12 heavy (non-hydrogen) atoms. The van der Waals surface area contributed by atoms with Gasteiger partial charge in [-0.3, -0.25) is 4.79 Å². The topological polar surface area (TPSA) is 29.6 Å². The largest absolute Gasteiger partial charge is 0.361 e. The predicted octanol–water partition coefficient (Wildman–Crippen LogP) is 1.66. The molecule has 2 nitrogen and oxygen atoms in total. The fraction of sp³-hybridized carbons (Fsp3) is 0.300. The summed E-state index contributed by atoms with van der Waals surface area (Å²) in [4.78, 5) is 11.6. The fourth-order valence-corrected chi connectivity index (χ4v) is 1.13. The van der Waals surface area contributed by atoms with Gasteiger partial charge in [0.1, 0.15) is 0 Å². The van der Waals surface area contributed by atoms with Crippen LogP contribution >= 0.6 is 0 Å². The van der Waals surface area contributed by atoms with Crippen LogP contribution in [-0.2, 0) is 4.74 Å². The number of ketones is 1. The van der Waals surface area contributed by atoms with Crippen LogP contribution in [-0.4, -0.2) is 18.0 Å². The van der Waals surface area contributed by atoms with Crippen molar-refractivity contribution in [2.24, 2.45) is 0 Å². The quantitative estimate of drug-likeness (QED) is 0.489. The second-order valence-electron chi connectivity index (χ2n) is 3.21. The zero-order valence-electron chi connectivity index (χ0n) is 6.91. The second-order valence-corrected chi connectivity index (χ2v) is 3.21. The average Bonchev–Trinajstić information content (AvgIpc) is 2.85. The Morgan fingerprint density at radius 3 is 2.50 bits per heavy atom. The Hall–Kier alpha value is -1.15. The van der Waals surface area contributed by atoms with Crippen LogP contribution in [0.3, 0.4) is 0 Å². The van der Waals surface area contributed by atoms with Crippen molar-refractivity contribution in [3.05, 3.63) is 35.9 Å². The Balaban J connectivity index is 2.26. The number of Topliss-reactive ketones (excluding diaryl/α,β-unsaturated/α-hetero) is 1. The summed E-state index contributed by atoms with van der Waals surface area (Å²) in [5.41, 5.74) is 0.207. The number of carbonyl (C=O) groups excluding carboxylic acids is 1. The lowest BCUT2D eigenvalue weighted by atomic mass is 10.0. The maximum Gasteiger partial charge on any atom is 0.196 e. The van der Waals surface area contributed by atoms with Crippen LogP contribution in [0.2, 0.25) is 0 Å². The number of hydrogen-bond donors (Lipinski definition) is 0. The Morgan fingerprint density at radius 1 is 1.42 bits per heavy atom. The normalized spacial score (nSPS) is 26.8. The van der Waals surface area contributed by atoms with Crippen LogP contribution in [0.4, 0.5) is 0 Å². The number of epoxide rings is 1. The fourth-order valence-electron chi connectivity index (χ4n) is 1.13. The molecule has 1 saturated heterocycles. The molecule has 2 heteroatoms. The minimum absolute atomic E-state index is 0.0862. The first-order chi connectivity index (χ1) is 5.72. The summed E-state index contributed by atoms with van der Waals surface area (Å²) in [7, 11) is 0. The Kier molecular flexibility index (Phi) is 1.51. The van der Waals surface area contributed by atoms with Gasteiger partial charge in [0.05, 0.1) is 6.61 Å². The smallest absolute Gasteiger partial charge is 0.196 e. The Labute approximate surface area is 71.2 Å². The monoisotopic (exact) mass is 162 g/mol. The van der Waals surface area contributed by atoms with E-state index < -0.39 is 5.60 Å². The number of hydrogen-bond acceptors (Lipinski definition) is 2. The van der Waals surface area contributed by atoms with E-state index in [1.165, 1.54) is 0 Å². The molecular formula is C10H10O2. The van der Waals surface area contributed by atoms with Crippen LogP contribution in [0.1, 0.15) is 17.3 Å². The molecule has 1 aliphatic heterocycles. The van der Waals surface area contributed by atoms with Gasteiger partial charge in [-0.15, -0.1) is 0 Å². The van der Waals surface area contributed by atoms with Gasteiger partial charge in [0, 0.05) is 5.56 Å². The van der Waals surface area contributed by atoms with Crippen LogP contribution < -0.4 is 0 Å². The van der Waals surface area contributed by atoms with Gasteiger partial charge in [0.25, 0.3) is 0 Å². The second kappa shape index (κ2) is 2.42. The van der Waals surface area contributed by atoms with E-state index in [1.807, 2.05) is 37.3 Å². The van der Waals surface area contributed by atoms with E-state index in [1.54, 1.807) is 0 Å². The van der Waals surface area contributed by atoms with Crippen molar-refractivity contribution in [2.75, 3.05) is 6.61 Å². The van der Waals surface area contributed by atoms with E-state index in [9.17, 15) is 4.79 Å². The van der Waals surface area contributed by atoms with Gasteiger partial charge in [-0.2, -0.15) is 0 Å². The molecule has 0 spiro atoms. The third kappa shape index (κ3) is 1.14. The Bertz CT molecular complexity index is 299. The van der Waals surface area contributed by atoms with Crippen molar-refractivity contribution < 1.29 is 9.53 Å². The zero-order chi connectivity index (χ0) is 8.60. The summed E-state index contributed by atoms with van der Waals surface area (Å²) in [5.74, 6) is 0.0862. The molecule has 1 atom stereocenters. The number of benzene rings is 1. The maximum atomic E-state index is 11.6. The van der Waals surface area contributed by atoms with Crippen molar-refractivity contribution in [3.63, 3.8) is 0 Å². The van der Waals surface area contributed by atoms with Gasteiger partial charge in [-0.25, -0.2) is 0 Å². The number of ether oxygens (including phenoxy) is 1. The number of rotatable bonds is 2. The molecule has 0 bridgehead atoms. The van der Waals surface area contributed by atoms with E-state index in [0.717, 1.165) is 5.56 Å². The van der Waals surface area contributed by atoms with Crippen molar-refractivity contribution in [2.45, 2.75) is 12.5 Å². The van der Waals surface area contributed by atoms with Gasteiger partial charge in [-0.1, -0.05) is 30.3 Å². The summed E-state index contributed by atoms with van der Waals surface area (Å²) in [6.45, 7) is 2.38. The molecule has 2 rings (SSSR count). The minimum atomic E-state index is -0.526. The lowest BCUT2D eigenvalue weighted by Crippen LogP contribution is -2.20. The molecule has 1 aliphatic rings. The van der Waals surface area contributed by atoms with E-state index >= 15 is 0 Å². The summed E-state index contributed by atoms with van der Waals surface area (Å²) in [6.07, 6.45) is 0. The van der Waals surface area contributed by atoms with Crippen molar-refractivity contribution in [1.82, 2.24) is 0 Å². The highest BCUT2D eigenvalue weighted by molar-refractivity contribution is 6.03. The highest BCUT2D eigenvalue weighted by Gasteiger charge is 2.47. The van der Waals surface area contributed by atoms with Crippen molar-refractivity contribution in [1.29, 1.82) is 0 Å². The molecule has 62 valence electrons. The average molecular weight is 162 g/mol. The SMILES string of the molecule is CC1(C(=O)c2ccccc2)CO1. The molecule has 0 aliphatic carbocycles. The third-order valence-electron chi connectivity index (χ3n) is 2.09. The maximum absolute atomic E-state index is 11.6. The first-order valence-electron chi connectivity index (χ1n) is 3.96. The lowest BCUT2D eigenvalue weighted by Gasteiger charge is -2.02. The molecule has 1 fully saturated rings.